The van der Waals surface area contributed by atoms with Crippen molar-refractivity contribution in [2.75, 3.05) is 25.1 Å². The van der Waals surface area contributed by atoms with Crippen molar-refractivity contribution in [3.8, 4) is 0 Å². The van der Waals surface area contributed by atoms with Crippen LogP contribution in [0, 0.1) is 0 Å². The van der Waals surface area contributed by atoms with Crippen molar-refractivity contribution < 1.29 is 5.11 Å². The van der Waals surface area contributed by atoms with Crippen molar-refractivity contribution >= 4 is 34.9 Å². The smallest absolute Gasteiger partial charge is 0.175 e. The summed E-state index contributed by atoms with van der Waals surface area (Å²) >= 11 is 4.72. The number of aromatic nitrogens is 2. The molecule has 15 heavy (non-hydrogen) atoms. The number of aliphatic hydroxyl groups is 1. The van der Waals surface area contributed by atoms with Crippen LogP contribution in [0.25, 0.3) is 0 Å². The lowest BCUT2D eigenvalue weighted by Gasteiger charge is -2.08. The predicted octanol–water partition coefficient (Wildman–Crippen LogP) is 1.32. The fourth-order valence-electron chi connectivity index (χ4n) is 0.875. The first kappa shape index (κ1) is 13.2. The molecule has 0 fully saturated rings. The van der Waals surface area contributed by atoms with Crippen LogP contribution in [0.2, 0.25) is 0 Å². The van der Waals surface area contributed by atoms with E-state index in [1.807, 2.05) is 13.2 Å². The molecule has 0 spiro atoms. The number of aliphatic hydroxyl groups excluding tert-OH is 1. The summed E-state index contributed by atoms with van der Waals surface area (Å²) in [4.78, 5) is 0. The van der Waals surface area contributed by atoms with Gasteiger partial charge in [-0.1, -0.05) is 41.8 Å². The summed E-state index contributed by atoms with van der Waals surface area (Å²) in [6.07, 6.45) is 1.66. The summed E-state index contributed by atoms with van der Waals surface area (Å²) < 4.78 is 1.90. The minimum atomic E-state index is -0.323. The minimum Gasteiger partial charge on any atom is -0.391 e. The van der Waals surface area contributed by atoms with Crippen LogP contribution in [-0.4, -0.2) is 46.5 Å². The molecular weight excluding hydrogens is 250 g/mol. The van der Waals surface area contributed by atoms with E-state index in [1.165, 1.54) is 0 Å². The molecule has 0 radical (unpaired) electrons. The second-order valence-corrected chi connectivity index (χ2v) is 6.11. The highest BCUT2D eigenvalue weighted by molar-refractivity contribution is 8.02. The maximum absolute atomic E-state index is 9.57. The third kappa shape index (κ3) is 5.17. The monoisotopic (exact) mass is 265 g/mol. The van der Waals surface area contributed by atoms with Crippen LogP contribution < -0.4 is 5.32 Å². The van der Waals surface area contributed by atoms with E-state index in [1.54, 1.807) is 34.9 Å². The zero-order chi connectivity index (χ0) is 11.1. The molecule has 4 nitrogen and oxygen atoms in total. The lowest BCUT2D eigenvalue weighted by molar-refractivity contribution is 0.197. The van der Waals surface area contributed by atoms with E-state index in [2.05, 4.69) is 15.5 Å². The Morgan fingerprint density at radius 1 is 1.47 bits per heavy atom. The SMILES string of the molecule is CCNCC(O)CSc1nnc(SC)s1. The van der Waals surface area contributed by atoms with Gasteiger partial charge < -0.3 is 10.4 Å². The fourth-order valence-corrected chi connectivity index (χ4v) is 3.27. The first-order valence-electron chi connectivity index (χ1n) is 4.65. The Labute approximate surface area is 102 Å². The van der Waals surface area contributed by atoms with Crippen molar-refractivity contribution in [2.45, 2.75) is 21.7 Å². The third-order valence-corrected chi connectivity index (χ3v) is 4.77. The van der Waals surface area contributed by atoms with Gasteiger partial charge in [0.2, 0.25) is 0 Å². The summed E-state index contributed by atoms with van der Waals surface area (Å²) in [6.45, 7) is 3.55. The van der Waals surface area contributed by atoms with Crippen LogP contribution in [0.5, 0.6) is 0 Å². The van der Waals surface area contributed by atoms with Crippen molar-refractivity contribution in [1.29, 1.82) is 0 Å². The van der Waals surface area contributed by atoms with Gasteiger partial charge in [0.25, 0.3) is 0 Å². The van der Waals surface area contributed by atoms with Gasteiger partial charge in [0, 0.05) is 12.3 Å². The van der Waals surface area contributed by atoms with Gasteiger partial charge >= 0.3 is 0 Å². The molecule has 0 saturated heterocycles. The van der Waals surface area contributed by atoms with E-state index in [0.717, 1.165) is 15.2 Å². The highest BCUT2D eigenvalue weighted by atomic mass is 32.2. The second kappa shape index (κ2) is 7.45. The van der Waals surface area contributed by atoms with Gasteiger partial charge in [0.05, 0.1) is 6.10 Å². The first-order valence-corrected chi connectivity index (χ1v) is 7.68. The highest BCUT2D eigenvalue weighted by Gasteiger charge is 2.08. The van der Waals surface area contributed by atoms with Gasteiger partial charge in [-0.05, 0) is 12.8 Å². The molecule has 0 aliphatic heterocycles. The van der Waals surface area contributed by atoms with E-state index in [4.69, 9.17) is 0 Å². The number of rotatable bonds is 7. The number of hydrogen-bond donors (Lipinski definition) is 2. The maximum atomic E-state index is 9.57. The standard InChI is InChI=1S/C8H15N3OS3/c1-3-9-4-6(12)5-14-8-11-10-7(13-2)15-8/h6,9,12H,3-5H2,1-2H3. The topological polar surface area (TPSA) is 58.0 Å². The number of likely N-dealkylation sites (N-methyl/N-ethyl adjacent to an activating group) is 1. The summed E-state index contributed by atoms with van der Waals surface area (Å²) in [7, 11) is 0. The predicted molar refractivity (Wildman–Crippen MR) is 67.0 cm³/mol. The molecular formula is C8H15N3OS3. The molecule has 0 aliphatic rings. The summed E-state index contributed by atoms with van der Waals surface area (Å²) in [6, 6.07) is 0. The Bertz CT molecular complexity index is 282. The third-order valence-electron chi connectivity index (χ3n) is 1.59. The molecule has 86 valence electrons. The lowest BCUT2D eigenvalue weighted by atomic mass is 10.4. The minimum absolute atomic E-state index is 0.323. The van der Waals surface area contributed by atoms with Crippen LogP contribution in [-0.2, 0) is 0 Å². The molecule has 7 heteroatoms. The average molecular weight is 265 g/mol. The molecule has 1 unspecified atom stereocenters. The van der Waals surface area contributed by atoms with Crippen molar-refractivity contribution in [2.24, 2.45) is 0 Å². The quantitative estimate of drug-likeness (QED) is 0.725. The highest BCUT2D eigenvalue weighted by Crippen LogP contribution is 2.27. The summed E-state index contributed by atoms with van der Waals surface area (Å²) in [5, 5.41) is 20.7. The second-order valence-electron chi connectivity index (χ2n) is 2.81. The number of hydrogen-bond acceptors (Lipinski definition) is 7. The molecule has 1 aromatic heterocycles. The number of nitrogens with zero attached hydrogens (tertiary/aromatic N) is 2. The molecule has 2 N–H and O–H groups in total. The Balaban J connectivity index is 2.24. The van der Waals surface area contributed by atoms with E-state index < -0.39 is 0 Å². The largest absolute Gasteiger partial charge is 0.391 e. The summed E-state index contributed by atoms with van der Waals surface area (Å²) in [5.74, 6) is 0.663. The van der Waals surface area contributed by atoms with Crippen LogP contribution in [0.15, 0.2) is 8.68 Å². The molecule has 0 aromatic carbocycles. The van der Waals surface area contributed by atoms with Gasteiger partial charge in [-0.15, -0.1) is 10.2 Å². The van der Waals surface area contributed by atoms with Crippen LogP contribution in [0.1, 0.15) is 6.92 Å². The molecule has 1 heterocycles. The molecule has 0 saturated carbocycles. The van der Waals surface area contributed by atoms with Gasteiger partial charge in [-0.2, -0.15) is 0 Å². The summed E-state index contributed by atoms with van der Waals surface area (Å²) in [5.41, 5.74) is 0. The average Bonchev–Trinajstić information content (AvgIpc) is 2.71. The van der Waals surface area contributed by atoms with Gasteiger partial charge in [0.1, 0.15) is 0 Å². The van der Waals surface area contributed by atoms with E-state index in [-0.39, 0.29) is 6.10 Å². The zero-order valence-electron chi connectivity index (χ0n) is 8.77. The normalized spacial score (nSPS) is 13.0. The van der Waals surface area contributed by atoms with Crippen LogP contribution in [0.3, 0.4) is 0 Å². The van der Waals surface area contributed by atoms with Gasteiger partial charge in [-0.3, -0.25) is 0 Å². The number of thioether (sulfide) groups is 2. The Hall–Kier alpha value is 0.180. The van der Waals surface area contributed by atoms with E-state index in [0.29, 0.717) is 12.3 Å². The maximum Gasteiger partial charge on any atom is 0.175 e. The van der Waals surface area contributed by atoms with Crippen molar-refractivity contribution in [3.05, 3.63) is 0 Å². The first-order chi connectivity index (χ1) is 7.26. The van der Waals surface area contributed by atoms with Gasteiger partial charge in [0.15, 0.2) is 8.68 Å². The van der Waals surface area contributed by atoms with Crippen LogP contribution >= 0.6 is 34.9 Å². The Morgan fingerprint density at radius 3 is 2.80 bits per heavy atom. The number of nitrogens with one attached hydrogen (secondary N) is 1. The molecule has 0 amide bonds. The lowest BCUT2D eigenvalue weighted by Crippen LogP contribution is -2.28. The molecule has 0 bridgehead atoms. The molecule has 1 atom stereocenters. The van der Waals surface area contributed by atoms with Crippen molar-refractivity contribution in [3.63, 3.8) is 0 Å². The molecule has 0 aliphatic carbocycles. The van der Waals surface area contributed by atoms with Gasteiger partial charge in [-0.25, -0.2) is 0 Å². The zero-order valence-corrected chi connectivity index (χ0v) is 11.2. The fraction of sp³-hybridized carbons (Fsp3) is 0.750. The Morgan fingerprint density at radius 2 is 2.20 bits per heavy atom. The molecule has 1 aromatic rings. The molecule has 1 rings (SSSR count). The Kier molecular flexibility index (Phi) is 6.58. The van der Waals surface area contributed by atoms with E-state index in [9.17, 15) is 5.11 Å². The van der Waals surface area contributed by atoms with Crippen LogP contribution in [0.4, 0.5) is 0 Å². The van der Waals surface area contributed by atoms with E-state index >= 15 is 0 Å². The van der Waals surface area contributed by atoms with Crippen molar-refractivity contribution in [1.82, 2.24) is 15.5 Å².